The lowest BCUT2D eigenvalue weighted by molar-refractivity contribution is -0.00483. The van der Waals surface area contributed by atoms with Gasteiger partial charge in [-0.15, -0.1) is 0 Å². The highest BCUT2D eigenvalue weighted by molar-refractivity contribution is 4.79. The van der Waals surface area contributed by atoms with E-state index < -0.39 is 5.60 Å². The van der Waals surface area contributed by atoms with Crippen molar-refractivity contribution < 1.29 is 5.11 Å². The highest BCUT2D eigenvalue weighted by Crippen LogP contribution is 2.24. The molecule has 0 fully saturated rings. The SMILES string of the molecule is CCCC(C)C(C)(O)CCNCC(C)C. The highest BCUT2D eigenvalue weighted by Gasteiger charge is 2.26. The Morgan fingerprint density at radius 2 is 1.87 bits per heavy atom. The molecule has 0 heterocycles. The Morgan fingerprint density at radius 1 is 1.27 bits per heavy atom. The second kappa shape index (κ2) is 7.24. The Balaban J connectivity index is 3.72. The first kappa shape index (κ1) is 14.9. The molecule has 0 aromatic rings. The zero-order valence-corrected chi connectivity index (χ0v) is 11.1. The average molecular weight is 215 g/mol. The third-order valence-electron chi connectivity index (χ3n) is 3.14. The predicted octanol–water partition coefficient (Wildman–Crippen LogP) is 2.81. The first-order chi connectivity index (χ1) is 6.90. The average Bonchev–Trinajstić information content (AvgIpc) is 2.12. The van der Waals surface area contributed by atoms with Crippen molar-refractivity contribution in [1.82, 2.24) is 5.32 Å². The van der Waals surface area contributed by atoms with Gasteiger partial charge in [-0.3, -0.25) is 0 Å². The first-order valence-electron chi connectivity index (χ1n) is 6.33. The lowest BCUT2D eigenvalue weighted by atomic mass is 9.84. The van der Waals surface area contributed by atoms with Crippen LogP contribution < -0.4 is 5.32 Å². The summed E-state index contributed by atoms with van der Waals surface area (Å²) in [5.41, 5.74) is -0.514. The summed E-state index contributed by atoms with van der Waals surface area (Å²) in [6.07, 6.45) is 3.11. The molecule has 0 radical (unpaired) electrons. The van der Waals surface area contributed by atoms with E-state index in [1.165, 1.54) is 0 Å². The van der Waals surface area contributed by atoms with Crippen molar-refractivity contribution in [2.45, 2.75) is 59.5 Å². The van der Waals surface area contributed by atoms with Crippen LogP contribution in [0.15, 0.2) is 0 Å². The molecule has 2 atom stereocenters. The van der Waals surface area contributed by atoms with Crippen molar-refractivity contribution in [3.05, 3.63) is 0 Å². The molecule has 0 saturated heterocycles. The van der Waals surface area contributed by atoms with Crippen LogP contribution in [0, 0.1) is 11.8 Å². The number of hydrogen-bond acceptors (Lipinski definition) is 2. The van der Waals surface area contributed by atoms with Crippen molar-refractivity contribution in [3.8, 4) is 0 Å². The van der Waals surface area contributed by atoms with Gasteiger partial charge in [0.25, 0.3) is 0 Å². The van der Waals surface area contributed by atoms with E-state index in [4.69, 9.17) is 0 Å². The van der Waals surface area contributed by atoms with Crippen molar-refractivity contribution in [2.75, 3.05) is 13.1 Å². The van der Waals surface area contributed by atoms with E-state index in [2.05, 4.69) is 33.0 Å². The summed E-state index contributed by atoms with van der Waals surface area (Å²) in [5.74, 6) is 1.08. The van der Waals surface area contributed by atoms with E-state index >= 15 is 0 Å². The highest BCUT2D eigenvalue weighted by atomic mass is 16.3. The van der Waals surface area contributed by atoms with E-state index in [9.17, 15) is 5.11 Å². The number of rotatable bonds is 8. The zero-order chi connectivity index (χ0) is 11.9. The number of nitrogens with one attached hydrogen (secondary N) is 1. The molecular formula is C13H29NO. The third kappa shape index (κ3) is 6.91. The smallest absolute Gasteiger partial charge is 0.0657 e. The van der Waals surface area contributed by atoms with Gasteiger partial charge < -0.3 is 10.4 Å². The number of aliphatic hydroxyl groups is 1. The van der Waals surface area contributed by atoms with Gasteiger partial charge in [-0.2, -0.15) is 0 Å². The Labute approximate surface area is 95.5 Å². The Kier molecular flexibility index (Phi) is 7.20. The van der Waals surface area contributed by atoms with Gasteiger partial charge in [0, 0.05) is 0 Å². The Morgan fingerprint density at radius 3 is 2.33 bits per heavy atom. The van der Waals surface area contributed by atoms with Gasteiger partial charge in [-0.25, -0.2) is 0 Å². The van der Waals surface area contributed by atoms with Crippen LogP contribution in [-0.2, 0) is 0 Å². The van der Waals surface area contributed by atoms with E-state index in [0.717, 1.165) is 32.4 Å². The van der Waals surface area contributed by atoms with E-state index in [1.807, 2.05) is 6.92 Å². The molecule has 2 heteroatoms. The lowest BCUT2D eigenvalue weighted by Gasteiger charge is -2.30. The molecule has 92 valence electrons. The van der Waals surface area contributed by atoms with Crippen LogP contribution in [0.25, 0.3) is 0 Å². The van der Waals surface area contributed by atoms with Crippen molar-refractivity contribution >= 4 is 0 Å². The molecule has 0 amide bonds. The van der Waals surface area contributed by atoms with Gasteiger partial charge in [0.15, 0.2) is 0 Å². The topological polar surface area (TPSA) is 32.3 Å². The van der Waals surface area contributed by atoms with Crippen LogP contribution in [0.2, 0.25) is 0 Å². The van der Waals surface area contributed by atoms with Gasteiger partial charge in [0.05, 0.1) is 5.60 Å². The van der Waals surface area contributed by atoms with Crippen LogP contribution in [0.1, 0.15) is 53.9 Å². The predicted molar refractivity (Wildman–Crippen MR) is 67.0 cm³/mol. The summed E-state index contributed by atoms with van der Waals surface area (Å²) in [5, 5.41) is 13.6. The third-order valence-corrected chi connectivity index (χ3v) is 3.14. The fourth-order valence-corrected chi connectivity index (χ4v) is 1.72. The number of hydrogen-bond donors (Lipinski definition) is 2. The maximum Gasteiger partial charge on any atom is 0.0657 e. The van der Waals surface area contributed by atoms with Crippen LogP contribution in [0.5, 0.6) is 0 Å². The fraction of sp³-hybridized carbons (Fsp3) is 1.00. The van der Waals surface area contributed by atoms with E-state index in [1.54, 1.807) is 0 Å². The summed E-state index contributed by atoms with van der Waals surface area (Å²) in [7, 11) is 0. The first-order valence-corrected chi connectivity index (χ1v) is 6.33. The largest absolute Gasteiger partial charge is 0.390 e. The van der Waals surface area contributed by atoms with E-state index in [-0.39, 0.29) is 0 Å². The fourth-order valence-electron chi connectivity index (χ4n) is 1.72. The minimum absolute atomic E-state index is 0.392. The maximum atomic E-state index is 10.2. The van der Waals surface area contributed by atoms with Gasteiger partial charge in [0.2, 0.25) is 0 Å². The molecule has 2 nitrogen and oxygen atoms in total. The summed E-state index contributed by atoms with van der Waals surface area (Å²) < 4.78 is 0. The molecule has 0 aliphatic heterocycles. The molecule has 2 unspecified atom stereocenters. The summed E-state index contributed by atoms with van der Waals surface area (Å²) in [6.45, 7) is 12.6. The quantitative estimate of drug-likeness (QED) is 0.610. The van der Waals surface area contributed by atoms with Gasteiger partial charge in [-0.05, 0) is 44.7 Å². The normalized spacial score (nSPS) is 17.8. The standard InChI is InChI=1S/C13H29NO/c1-6-7-12(4)13(5,15)8-9-14-10-11(2)3/h11-12,14-15H,6-10H2,1-5H3. The minimum atomic E-state index is -0.514. The molecule has 0 spiro atoms. The van der Waals surface area contributed by atoms with Crippen LogP contribution in [0.3, 0.4) is 0 Å². The Hall–Kier alpha value is -0.0800. The van der Waals surface area contributed by atoms with Gasteiger partial charge in [0.1, 0.15) is 0 Å². The van der Waals surface area contributed by atoms with Gasteiger partial charge >= 0.3 is 0 Å². The van der Waals surface area contributed by atoms with Crippen molar-refractivity contribution in [3.63, 3.8) is 0 Å². The van der Waals surface area contributed by atoms with Crippen molar-refractivity contribution in [2.24, 2.45) is 11.8 Å². The molecular weight excluding hydrogens is 186 g/mol. The monoisotopic (exact) mass is 215 g/mol. The molecule has 0 bridgehead atoms. The summed E-state index contributed by atoms with van der Waals surface area (Å²) in [4.78, 5) is 0. The van der Waals surface area contributed by atoms with Crippen LogP contribution >= 0.6 is 0 Å². The minimum Gasteiger partial charge on any atom is -0.390 e. The van der Waals surface area contributed by atoms with Gasteiger partial charge in [-0.1, -0.05) is 34.1 Å². The molecule has 15 heavy (non-hydrogen) atoms. The molecule has 0 aliphatic rings. The molecule has 0 aliphatic carbocycles. The Bertz CT molecular complexity index is 155. The van der Waals surface area contributed by atoms with E-state index in [0.29, 0.717) is 11.8 Å². The summed E-state index contributed by atoms with van der Waals surface area (Å²) in [6, 6.07) is 0. The zero-order valence-electron chi connectivity index (χ0n) is 11.1. The van der Waals surface area contributed by atoms with Crippen LogP contribution in [-0.4, -0.2) is 23.8 Å². The van der Waals surface area contributed by atoms with Crippen LogP contribution in [0.4, 0.5) is 0 Å². The maximum absolute atomic E-state index is 10.2. The lowest BCUT2D eigenvalue weighted by Crippen LogP contribution is -2.37. The molecule has 0 saturated carbocycles. The second-order valence-electron chi connectivity index (χ2n) is 5.39. The molecule has 0 aromatic carbocycles. The molecule has 2 N–H and O–H groups in total. The van der Waals surface area contributed by atoms with Crippen molar-refractivity contribution in [1.29, 1.82) is 0 Å². The second-order valence-corrected chi connectivity index (χ2v) is 5.39. The molecule has 0 aromatic heterocycles. The summed E-state index contributed by atoms with van der Waals surface area (Å²) >= 11 is 0. The molecule has 0 rings (SSSR count).